The highest BCUT2D eigenvalue weighted by Crippen LogP contribution is 2.24. The number of hydrogen-bond acceptors (Lipinski definition) is 3. The summed E-state index contributed by atoms with van der Waals surface area (Å²) in [5, 5.41) is 7.64. The van der Waals surface area contributed by atoms with E-state index in [0.29, 0.717) is 12.5 Å². The van der Waals surface area contributed by atoms with Gasteiger partial charge in [-0.15, -0.1) is 0 Å². The fourth-order valence-electron chi connectivity index (χ4n) is 4.02. The van der Waals surface area contributed by atoms with Crippen molar-refractivity contribution in [1.29, 1.82) is 0 Å². The Morgan fingerprint density at radius 2 is 2.11 bits per heavy atom. The zero-order valence-corrected chi connectivity index (χ0v) is 16.3. The molecule has 28 heavy (non-hydrogen) atoms. The molecule has 146 valence electrons. The Kier molecular flexibility index (Phi) is 5.63. The van der Waals surface area contributed by atoms with Crippen molar-refractivity contribution >= 4 is 16.8 Å². The molecule has 4 rings (SSSR count). The second-order valence-corrected chi connectivity index (χ2v) is 7.45. The quantitative estimate of drug-likeness (QED) is 0.592. The lowest BCUT2D eigenvalue weighted by Crippen LogP contribution is -2.27. The molecule has 0 spiro atoms. The average Bonchev–Trinajstić information content (AvgIpc) is 3.38. The minimum atomic E-state index is 0.0129. The standard InChI is InChI=1S/C23H27N3O2/c1-28-19-6-7-22-21(13-19)18(15-26-22)9-11-25-23(27)20-5-3-2-4-17(20)12-16-8-10-24-14-16/h2-7,13,15-16,24,26H,8-12,14H2,1H3,(H,25,27). The Morgan fingerprint density at radius 3 is 2.93 bits per heavy atom. The first kappa shape index (κ1) is 18.6. The highest BCUT2D eigenvalue weighted by atomic mass is 16.5. The molecule has 3 N–H and O–H groups in total. The van der Waals surface area contributed by atoms with Gasteiger partial charge in [0.05, 0.1) is 7.11 Å². The van der Waals surface area contributed by atoms with E-state index in [1.807, 2.05) is 42.6 Å². The smallest absolute Gasteiger partial charge is 0.251 e. The summed E-state index contributed by atoms with van der Waals surface area (Å²) in [5.41, 5.74) is 4.21. The monoisotopic (exact) mass is 377 g/mol. The number of ether oxygens (including phenoxy) is 1. The van der Waals surface area contributed by atoms with Crippen LogP contribution in [0.2, 0.25) is 0 Å². The van der Waals surface area contributed by atoms with Crippen molar-refractivity contribution in [1.82, 2.24) is 15.6 Å². The van der Waals surface area contributed by atoms with Crippen LogP contribution in [0, 0.1) is 5.92 Å². The number of amides is 1. The molecule has 0 bridgehead atoms. The SMILES string of the molecule is COc1ccc2[nH]cc(CCNC(=O)c3ccccc3CC3CCNC3)c2c1. The van der Waals surface area contributed by atoms with Gasteiger partial charge in [-0.1, -0.05) is 18.2 Å². The number of nitrogens with one attached hydrogen (secondary N) is 3. The number of aromatic amines is 1. The van der Waals surface area contributed by atoms with Crippen LogP contribution >= 0.6 is 0 Å². The van der Waals surface area contributed by atoms with Gasteiger partial charge in [-0.2, -0.15) is 0 Å². The van der Waals surface area contributed by atoms with Gasteiger partial charge in [0.1, 0.15) is 5.75 Å². The fourth-order valence-corrected chi connectivity index (χ4v) is 4.02. The van der Waals surface area contributed by atoms with E-state index in [2.05, 4.69) is 21.7 Å². The van der Waals surface area contributed by atoms with Crippen LogP contribution in [0.5, 0.6) is 5.75 Å². The molecule has 1 aliphatic rings. The van der Waals surface area contributed by atoms with Gasteiger partial charge in [0.15, 0.2) is 0 Å². The van der Waals surface area contributed by atoms with E-state index in [0.717, 1.165) is 53.7 Å². The molecule has 1 unspecified atom stereocenters. The summed E-state index contributed by atoms with van der Waals surface area (Å²) in [4.78, 5) is 16.1. The Hall–Kier alpha value is -2.79. The second-order valence-electron chi connectivity index (χ2n) is 7.45. The van der Waals surface area contributed by atoms with Crippen LogP contribution in [0.1, 0.15) is 27.9 Å². The van der Waals surface area contributed by atoms with Gasteiger partial charge in [0.25, 0.3) is 5.91 Å². The lowest BCUT2D eigenvalue weighted by atomic mass is 9.94. The van der Waals surface area contributed by atoms with Crippen molar-refractivity contribution in [3.05, 3.63) is 65.4 Å². The zero-order valence-electron chi connectivity index (χ0n) is 16.3. The minimum Gasteiger partial charge on any atom is -0.497 e. The minimum absolute atomic E-state index is 0.0129. The van der Waals surface area contributed by atoms with E-state index in [4.69, 9.17) is 4.74 Å². The number of benzene rings is 2. The molecular weight excluding hydrogens is 350 g/mol. The van der Waals surface area contributed by atoms with Gasteiger partial charge in [0.2, 0.25) is 0 Å². The van der Waals surface area contributed by atoms with E-state index in [1.165, 1.54) is 12.0 Å². The summed E-state index contributed by atoms with van der Waals surface area (Å²) in [6.45, 7) is 2.72. The average molecular weight is 377 g/mol. The fraction of sp³-hybridized carbons (Fsp3) is 0.348. The summed E-state index contributed by atoms with van der Waals surface area (Å²) in [5.74, 6) is 1.47. The molecule has 5 nitrogen and oxygen atoms in total. The van der Waals surface area contributed by atoms with Gasteiger partial charge in [-0.05, 0) is 73.7 Å². The molecule has 1 aromatic heterocycles. The molecule has 1 aliphatic heterocycles. The maximum Gasteiger partial charge on any atom is 0.251 e. The number of fused-ring (bicyclic) bond motifs is 1. The van der Waals surface area contributed by atoms with Gasteiger partial charge < -0.3 is 20.4 Å². The Morgan fingerprint density at radius 1 is 1.21 bits per heavy atom. The number of rotatable bonds is 7. The largest absolute Gasteiger partial charge is 0.497 e. The van der Waals surface area contributed by atoms with Crippen molar-refractivity contribution in [2.45, 2.75) is 19.3 Å². The summed E-state index contributed by atoms with van der Waals surface area (Å²) in [6, 6.07) is 14.0. The lowest BCUT2D eigenvalue weighted by Gasteiger charge is -2.13. The topological polar surface area (TPSA) is 66.1 Å². The molecule has 0 aliphatic carbocycles. The van der Waals surface area contributed by atoms with E-state index in [-0.39, 0.29) is 5.91 Å². The molecule has 1 amide bonds. The van der Waals surface area contributed by atoms with Crippen molar-refractivity contribution in [2.75, 3.05) is 26.7 Å². The van der Waals surface area contributed by atoms with Gasteiger partial charge in [-0.25, -0.2) is 0 Å². The third-order valence-corrected chi connectivity index (χ3v) is 5.59. The van der Waals surface area contributed by atoms with E-state index >= 15 is 0 Å². The highest BCUT2D eigenvalue weighted by molar-refractivity contribution is 5.95. The Balaban J connectivity index is 1.40. The first-order valence-electron chi connectivity index (χ1n) is 9.95. The number of methoxy groups -OCH3 is 1. The predicted molar refractivity (Wildman–Crippen MR) is 112 cm³/mol. The molecule has 0 radical (unpaired) electrons. The van der Waals surface area contributed by atoms with Crippen molar-refractivity contribution in [3.8, 4) is 5.75 Å². The maximum absolute atomic E-state index is 12.8. The molecule has 1 atom stereocenters. The number of hydrogen-bond donors (Lipinski definition) is 3. The molecule has 5 heteroatoms. The van der Waals surface area contributed by atoms with E-state index in [9.17, 15) is 4.79 Å². The lowest BCUT2D eigenvalue weighted by molar-refractivity contribution is 0.0953. The normalized spacial score (nSPS) is 16.4. The highest BCUT2D eigenvalue weighted by Gasteiger charge is 2.18. The summed E-state index contributed by atoms with van der Waals surface area (Å²) in [7, 11) is 1.67. The molecular formula is C23H27N3O2. The Bertz CT molecular complexity index is 957. The van der Waals surface area contributed by atoms with Crippen LogP contribution < -0.4 is 15.4 Å². The van der Waals surface area contributed by atoms with Gasteiger partial charge >= 0.3 is 0 Å². The molecule has 0 saturated carbocycles. The number of carbonyl (C=O) groups excluding carboxylic acids is 1. The van der Waals surface area contributed by atoms with Crippen molar-refractivity contribution in [2.24, 2.45) is 5.92 Å². The second kappa shape index (κ2) is 8.48. The number of H-pyrrole nitrogens is 1. The van der Waals surface area contributed by atoms with Gasteiger partial charge in [0, 0.05) is 29.2 Å². The first-order valence-corrected chi connectivity index (χ1v) is 9.95. The van der Waals surface area contributed by atoms with Crippen LogP contribution in [-0.4, -0.2) is 37.6 Å². The van der Waals surface area contributed by atoms with Crippen LogP contribution in [0.15, 0.2) is 48.7 Å². The number of aromatic nitrogens is 1. The van der Waals surface area contributed by atoms with Crippen LogP contribution in [-0.2, 0) is 12.8 Å². The van der Waals surface area contributed by atoms with Crippen LogP contribution in [0.25, 0.3) is 10.9 Å². The van der Waals surface area contributed by atoms with Crippen LogP contribution in [0.3, 0.4) is 0 Å². The van der Waals surface area contributed by atoms with Gasteiger partial charge in [-0.3, -0.25) is 4.79 Å². The summed E-state index contributed by atoms with van der Waals surface area (Å²) >= 11 is 0. The summed E-state index contributed by atoms with van der Waals surface area (Å²) in [6.07, 6.45) is 4.92. The van der Waals surface area contributed by atoms with E-state index in [1.54, 1.807) is 7.11 Å². The Labute approximate surface area is 165 Å². The third kappa shape index (κ3) is 4.04. The molecule has 1 fully saturated rings. The zero-order chi connectivity index (χ0) is 19.3. The third-order valence-electron chi connectivity index (χ3n) is 5.59. The molecule has 1 saturated heterocycles. The molecule has 2 aromatic carbocycles. The van der Waals surface area contributed by atoms with Crippen molar-refractivity contribution < 1.29 is 9.53 Å². The maximum atomic E-state index is 12.8. The van der Waals surface area contributed by atoms with Crippen molar-refractivity contribution in [3.63, 3.8) is 0 Å². The first-order chi connectivity index (χ1) is 13.7. The molecule has 3 aromatic rings. The summed E-state index contributed by atoms with van der Waals surface area (Å²) < 4.78 is 5.33. The molecule has 2 heterocycles. The van der Waals surface area contributed by atoms with E-state index < -0.39 is 0 Å². The number of carbonyl (C=O) groups is 1. The predicted octanol–water partition coefficient (Wildman–Crippen LogP) is 3.30. The van der Waals surface area contributed by atoms with Crippen LogP contribution in [0.4, 0.5) is 0 Å².